The molecule has 2 saturated heterocycles. The summed E-state index contributed by atoms with van der Waals surface area (Å²) >= 11 is 0. The fourth-order valence-electron chi connectivity index (χ4n) is 4.07. The Hall–Kier alpha value is -1.33. The standard InChI is InChI=1S/C19H32N4O/c1-21(2)19(24)18-10-9-16(20-18)14-22-11-7-8-17(15-22)23-12-5-3-4-6-13-23/h9-10,17,20H,3-8,11-15H2,1-2H3/t17-/m1/s1. The van der Waals surface area contributed by atoms with Gasteiger partial charge in [-0.15, -0.1) is 0 Å². The van der Waals surface area contributed by atoms with Gasteiger partial charge in [0.1, 0.15) is 5.69 Å². The average molecular weight is 332 g/mol. The van der Waals surface area contributed by atoms with Crippen LogP contribution < -0.4 is 0 Å². The zero-order valence-electron chi connectivity index (χ0n) is 15.3. The van der Waals surface area contributed by atoms with Gasteiger partial charge in [-0.1, -0.05) is 12.8 Å². The third-order valence-electron chi connectivity index (χ3n) is 5.41. The minimum atomic E-state index is 0.0438. The predicted molar refractivity (Wildman–Crippen MR) is 97.2 cm³/mol. The van der Waals surface area contributed by atoms with Gasteiger partial charge in [-0.2, -0.15) is 0 Å². The van der Waals surface area contributed by atoms with Crippen LogP contribution in [0.25, 0.3) is 0 Å². The van der Waals surface area contributed by atoms with Gasteiger partial charge >= 0.3 is 0 Å². The molecule has 0 spiro atoms. The van der Waals surface area contributed by atoms with E-state index in [0.29, 0.717) is 5.69 Å². The van der Waals surface area contributed by atoms with Gasteiger partial charge in [0.15, 0.2) is 0 Å². The van der Waals surface area contributed by atoms with Crippen molar-refractivity contribution < 1.29 is 4.79 Å². The molecule has 5 nitrogen and oxygen atoms in total. The van der Waals surface area contributed by atoms with Crippen molar-refractivity contribution in [3.8, 4) is 0 Å². The molecule has 24 heavy (non-hydrogen) atoms. The summed E-state index contributed by atoms with van der Waals surface area (Å²) in [5, 5.41) is 0. The summed E-state index contributed by atoms with van der Waals surface area (Å²) in [6.07, 6.45) is 8.15. The third kappa shape index (κ3) is 4.39. The van der Waals surface area contributed by atoms with E-state index >= 15 is 0 Å². The Labute approximate surface area is 146 Å². The van der Waals surface area contributed by atoms with Gasteiger partial charge in [-0.05, 0) is 57.5 Å². The number of carbonyl (C=O) groups excluding carboxylic acids is 1. The van der Waals surface area contributed by atoms with Crippen LogP contribution in [0.1, 0.15) is 54.7 Å². The van der Waals surface area contributed by atoms with Gasteiger partial charge in [-0.3, -0.25) is 14.6 Å². The van der Waals surface area contributed by atoms with Crippen molar-refractivity contribution in [2.24, 2.45) is 0 Å². The maximum atomic E-state index is 12.0. The summed E-state index contributed by atoms with van der Waals surface area (Å²) in [5.74, 6) is 0.0438. The molecule has 0 aromatic carbocycles. The summed E-state index contributed by atoms with van der Waals surface area (Å²) < 4.78 is 0. The second kappa shape index (κ2) is 8.17. The Morgan fingerprint density at radius 3 is 2.58 bits per heavy atom. The molecular formula is C19H32N4O. The zero-order valence-corrected chi connectivity index (χ0v) is 15.3. The minimum Gasteiger partial charge on any atom is -0.353 e. The maximum absolute atomic E-state index is 12.0. The number of hydrogen-bond donors (Lipinski definition) is 1. The molecule has 5 heteroatoms. The van der Waals surface area contributed by atoms with Crippen LogP contribution >= 0.6 is 0 Å². The van der Waals surface area contributed by atoms with Crippen molar-refractivity contribution in [2.45, 2.75) is 51.1 Å². The van der Waals surface area contributed by atoms with Crippen molar-refractivity contribution in [1.82, 2.24) is 19.7 Å². The third-order valence-corrected chi connectivity index (χ3v) is 5.41. The second-order valence-electron chi connectivity index (χ2n) is 7.58. The summed E-state index contributed by atoms with van der Waals surface area (Å²) in [5.41, 5.74) is 1.84. The number of nitrogens with zero attached hydrogens (tertiary/aromatic N) is 3. The molecule has 134 valence electrons. The highest BCUT2D eigenvalue weighted by atomic mass is 16.2. The first-order chi connectivity index (χ1) is 11.6. The first kappa shape index (κ1) is 17.5. The number of likely N-dealkylation sites (tertiary alicyclic amines) is 2. The summed E-state index contributed by atoms with van der Waals surface area (Å²) in [4.78, 5) is 22.2. The maximum Gasteiger partial charge on any atom is 0.269 e. The fourth-order valence-corrected chi connectivity index (χ4v) is 4.07. The molecule has 1 aromatic rings. The smallest absolute Gasteiger partial charge is 0.269 e. The lowest BCUT2D eigenvalue weighted by Crippen LogP contribution is -2.48. The molecule has 2 aliphatic heterocycles. The molecule has 3 heterocycles. The molecule has 2 fully saturated rings. The zero-order chi connectivity index (χ0) is 16.9. The van der Waals surface area contributed by atoms with Crippen molar-refractivity contribution in [3.63, 3.8) is 0 Å². The molecule has 0 saturated carbocycles. The molecular weight excluding hydrogens is 300 g/mol. The van der Waals surface area contributed by atoms with E-state index in [1.807, 2.05) is 6.07 Å². The number of aromatic nitrogens is 1. The number of amides is 1. The molecule has 0 unspecified atom stereocenters. The van der Waals surface area contributed by atoms with Crippen LogP contribution in [0.4, 0.5) is 0 Å². The van der Waals surface area contributed by atoms with Gasteiger partial charge in [0.05, 0.1) is 0 Å². The first-order valence-electron chi connectivity index (χ1n) is 9.49. The van der Waals surface area contributed by atoms with E-state index in [1.165, 1.54) is 58.2 Å². The summed E-state index contributed by atoms with van der Waals surface area (Å²) in [6.45, 7) is 5.81. The van der Waals surface area contributed by atoms with Gasteiger partial charge in [0.25, 0.3) is 5.91 Å². The Morgan fingerprint density at radius 2 is 1.88 bits per heavy atom. The highest BCUT2D eigenvalue weighted by Gasteiger charge is 2.26. The van der Waals surface area contributed by atoms with Crippen LogP contribution in [0.5, 0.6) is 0 Å². The van der Waals surface area contributed by atoms with Gasteiger partial charge < -0.3 is 9.88 Å². The number of rotatable bonds is 4. The van der Waals surface area contributed by atoms with Gasteiger partial charge in [0, 0.05) is 38.9 Å². The van der Waals surface area contributed by atoms with E-state index in [0.717, 1.165) is 24.8 Å². The van der Waals surface area contributed by atoms with Crippen LogP contribution in [0.3, 0.4) is 0 Å². The number of nitrogens with one attached hydrogen (secondary N) is 1. The normalized spacial score (nSPS) is 23.8. The highest BCUT2D eigenvalue weighted by Crippen LogP contribution is 2.21. The van der Waals surface area contributed by atoms with E-state index in [-0.39, 0.29) is 5.91 Å². The van der Waals surface area contributed by atoms with Crippen molar-refractivity contribution in [3.05, 3.63) is 23.5 Å². The Balaban J connectivity index is 1.56. The van der Waals surface area contributed by atoms with E-state index in [4.69, 9.17) is 0 Å². The van der Waals surface area contributed by atoms with E-state index in [1.54, 1.807) is 19.0 Å². The molecule has 1 atom stereocenters. The van der Waals surface area contributed by atoms with Crippen LogP contribution in [-0.2, 0) is 6.54 Å². The summed E-state index contributed by atoms with van der Waals surface area (Å²) in [7, 11) is 3.58. The Morgan fingerprint density at radius 1 is 1.12 bits per heavy atom. The van der Waals surface area contributed by atoms with Crippen molar-refractivity contribution >= 4 is 5.91 Å². The molecule has 3 rings (SSSR count). The number of aromatic amines is 1. The quantitative estimate of drug-likeness (QED) is 0.921. The number of hydrogen-bond acceptors (Lipinski definition) is 3. The molecule has 0 aliphatic carbocycles. The molecule has 1 N–H and O–H groups in total. The second-order valence-corrected chi connectivity index (χ2v) is 7.58. The van der Waals surface area contributed by atoms with Crippen LogP contribution in [-0.4, -0.2) is 71.9 Å². The summed E-state index contributed by atoms with van der Waals surface area (Å²) in [6, 6.07) is 4.69. The Kier molecular flexibility index (Phi) is 5.95. The number of carbonyl (C=O) groups is 1. The predicted octanol–water partition coefficient (Wildman–Crippen LogP) is 2.56. The lowest BCUT2D eigenvalue weighted by Gasteiger charge is -2.39. The Bertz CT molecular complexity index is 531. The fraction of sp³-hybridized carbons (Fsp3) is 0.737. The largest absolute Gasteiger partial charge is 0.353 e. The van der Waals surface area contributed by atoms with E-state index in [9.17, 15) is 4.79 Å². The van der Waals surface area contributed by atoms with Crippen LogP contribution in [0.15, 0.2) is 12.1 Å². The molecule has 2 aliphatic rings. The lowest BCUT2D eigenvalue weighted by molar-refractivity contribution is 0.0821. The van der Waals surface area contributed by atoms with Crippen molar-refractivity contribution in [2.75, 3.05) is 40.3 Å². The molecule has 1 amide bonds. The van der Waals surface area contributed by atoms with Crippen molar-refractivity contribution in [1.29, 1.82) is 0 Å². The SMILES string of the molecule is CN(C)C(=O)c1ccc(CN2CCC[C@@H](N3CCCCCC3)C2)[nH]1. The van der Waals surface area contributed by atoms with Crippen LogP contribution in [0, 0.1) is 0 Å². The highest BCUT2D eigenvalue weighted by molar-refractivity contribution is 5.92. The average Bonchev–Trinajstić information content (AvgIpc) is 2.87. The number of piperidine rings is 1. The monoisotopic (exact) mass is 332 g/mol. The van der Waals surface area contributed by atoms with E-state index in [2.05, 4.69) is 20.9 Å². The molecule has 1 aromatic heterocycles. The minimum absolute atomic E-state index is 0.0438. The number of H-pyrrole nitrogens is 1. The molecule has 0 radical (unpaired) electrons. The van der Waals surface area contributed by atoms with Gasteiger partial charge in [0.2, 0.25) is 0 Å². The first-order valence-corrected chi connectivity index (χ1v) is 9.49. The van der Waals surface area contributed by atoms with E-state index < -0.39 is 0 Å². The molecule has 0 bridgehead atoms. The van der Waals surface area contributed by atoms with Gasteiger partial charge in [-0.25, -0.2) is 0 Å². The topological polar surface area (TPSA) is 42.6 Å². The lowest BCUT2D eigenvalue weighted by atomic mass is 10.0. The van der Waals surface area contributed by atoms with Crippen LogP contribution in [0.2, 0.25) is 0 Å².